The van der Waals surface area contributed by atoms with Crippen LogP contribution in [0.2, 0.25) is 0 Å². The summed E-state index contributed by atoms with van der Waals surface area (Å²) in [5.41, 5.74) is 4.07. The van der Waals surface area contributed by atoms with Crippen molar-refractivity contribution >= 4 is 11.9 Å². The number of aliphatic carboxylic acids is 2. The molecule has 0 aromatic heterocycles. The first-order valence-corrected chi connectivity index (χ1v) is 8.66. The van der Waals surface area contributed by atoms with Crippen molar-refractivity contribution in [1.82, 2.24) is 4.90 Å². The van der Waals surface area contributed by atoms with Gasteiger partial charge in [0.2, 0.25) is 0 Å². The molecular weight excluding hydrogens is 387 g/mol. The van der Waals surface area contributed by atoms with E-state index in [0.717, 1.165) is 13.0 Å². The van der Waals surface area contributed by atoms with Crippen molar-refractivity contribution in [2.45, 2.75) is 25.2 Å². The molecule has 2 aromatic carbocycles. The average molecular weight is 407 g/mol. The lowest BCUT2D eigenvalue weighted by Crippen LogP contribution is -2.36. The van der Waals surface area contributed by atoms with Crippen molar-refractivity contribution < 1.29 is 33.0 Å². The summed E-state index contributed by atoms with van der Waals surface area (Å²) < 4.78 is 31.7. The molecule has 29 heavy (non-hydrogen) atoms. The number of halogens is 3. The SMILES string of the molecule is C=C(CN1Cc2ccccc2CC1c1ccccc1)C(=O)O.O=C(O)C(F)(F)F. The number of hydrogen-bond donors (Lipinski definition) is 2. The number of rotatable bonds is 4. The Bertz CT molecular complexity index is 881. The number of hydrogen-bond acceptors (Lipinski definition) is 3. The Morgan fingerprint density at radius 3 is 2.03 bits per heavy atom. The number of alkyl halides is 3. The molecule has 1 atom stereocenters. The van der Waals surface area contributed by atoms with Crippen LogP contribution in [0.5, 0.6) is 0 Å². The van der Waals surface area contributed by atoms with Crippen LogP contribution in [0.3, 0.4) is 0 Å². The first-order chi connectivity index (χ1) is 13.6. The van der Waals surface area contributed by atoms with Gasteiger partial charge >= 0.3 is 18.1 Å². The van der Waals surface area contributed by atoms with Crippen LogP contribution >= 0.6 is 0 Å². The van der Waals surface area contributed by atoms with Gasteiger partial charge in [-0.05, 0) is 23.1 Å². The highest BCUT2D eigenvalue weighted by molar-refractivity contribution is 5.86. The summed E-state index contributed by atoms with van der Waals surface area (Å²) >= 11 is 0. The zero-order valence-corrected chi connectivity index (χ0v) is 15.4. The third kappa shape index (κ3) is 6.18. The minimum Gasteiger partial charge on any atom is -0.478 e. The highest BCUT2D eigenvalue weighted by atomic mass is 19.4. The summed E-state index contributed by atoms with van der Waals surface area (Å²) in [5.74, 6) is -3.68. The molecule has 1 unspecified atom stereocenters. The molecule has 8 heteroatoms. The molecule has 1 aliphatic heterocycles. The number of carboxylic acid groups (broad SMARTS) is 2. The van der Waals surface area contributed by atoms with Gasteiger partial charge < -0.3 is 10.2 Å². The predicted molar refractivity (Wildman–Crippen MR) is 100 cm³/mol. The Hall–Kier alpha value is -3.13. The number of carboxylic acids is 2. The normalized spacial score (nSPS) is 16.2. The maximum atomic E-state index is 11.1. The first kappa shape index (κ1) is 22.2. The van der Waals surface area contributed by atoms with E-state index in [2.05, 4.69) is 41.8 Å². The predicted octanol–water partition coefficient (Wildman–Crippen LogP) is 4.06. The van der Waals surface area contributed by atoms with Gasteiger partial charge in [-0.3, -0.25) is 4.90 Å². The fraction of sp³-hybridized carbons (Fsp3) is 0.238. The van der Waals surface area contributed by atoms with Crippen LogP contribution in [0, 0.1) is 0 Å². The summed E-state index contributed by atoms with van der Waals surface area (Å²) in [6.07, 6.45) is -4.19. The monoisotopic (exact) mass is 407 g/mol. The number of nitrogens with zero attached hydrogens (tertiary/aromatic N) is 1. The third-order valence-electron chi connectivity index (χ3n) is 4.47. The van der Waals surface area contributed by atoms with Crippen LogP contribution in [0.25, 0.3) is 0 Å². The number of benzene rings is 2. The van der Waals surface area contributed by atoms with Gasteiger partial charge in [0.15, 0.2) is 0 Å². The minimum atomic E-state index is -5.08. The minimum absolute atomic E-state index is 0.187. The fourth-order valence-electron chi connectivity index (χ4n) is 3.06. The van der Waals surface area contributed by atoms with Crippen molar-refractivity contribution in [2.24, 2.45) is 0 Å². The lowest BCUT2D eigenvalue weighted by atomic mass is 9.89. The molecule has 0 fully saturated rings. The topological polar surface area (TPSA) is 77.8 Å². The summed E-state index contributed by atoms with van der Waals surface area (Å²) in [4.78, 5) is 22.2. The second-order valence-electron chi connectivity index (χ2n) is 6.52. The second kappa shape index (κ2) is 9.38. The maximum Gasteiger partial charge on any atom is 0.490 e. The van der Waals surface area contributed by atoms with E-state index in [4.69, 9.17) is 15.0 Å². The van der Waals surface area contributed by atoms with Crippen molar-refractivity contribution in [3.8, 4) is 0 Å². The smallest absolute Gasteiger partial charge is 0.478 e. The van der Waals surface area contributed by atoms with Gasteiger partial charge in [0.25, 0.3) is 0 Å². The van der Waals surface area contributed by atoms with Gasteiger partial charge in [0.1, 0.15) is 0 Å². The number of fused-ring (bicyclic) bond motifs is 1. The summed E-state index contributed by atoms with van der Waals surface area (Å²) in [5, 5.41) is 16.3. The van der Waals surface area contributed by atoms with Crippen LogP contribution < -0.4 is 0 Å². The number of carbonyl (C=O) groups is 2. The third-order valence-corrected chi connectivity index (χ3v) is 4.47. The molecule has 3 rings (SSSR count). The maximum absolute atomic E-state index is 11.1. The largest absolute Gasteiger partial charge is 0.490 e. The van der Waals surface area contributed by atoms with Crippen molar-refractivity contribution in [3.05, 3.63) is 83.4 Å². The Morgan fingerprint density at radius 2 is 1.52 bits per heavy atom. The van der Waals surface area contributed by atoms with Gasteiger partial charge in [0, 0.05) is 24.7 Å². The molecular formula is C21H20F3NO4. The molecule has 0 saturated heterocycles. The molecule has 2 N–H and O–H groups in total. The molecule has 5 nitrogen and oxygen atoms in total. The summed E-state index contributed by atoms with van der Waals surface area (Å²) in [6.45, 7) is 4.82. The lowest BCUT2D eigenvalue weighted by Gasteiger charge is -2.37. The molecule has 1 aliphatic rings. The van der Waals surface area contributed by atoms with Gasteiger partial charge in [-0.25, -0.2) is 9.59 Å². The second-order valence-corrected chi connectivity index (χ2v) is 6.52. The molecule has 0 saturated carbocycles. The van der Waals surface area contributed by atoms with E-state index in [-0.39, 0.29) is 11.6 Å². The molecule has 1 heterocycles. The van der Waals surface area contributed by atoms with E-state index in [1.807, 2.05) is 24.3 Å². The van der Waals surface area contributed by atoms with E-state index >= 15 is 0 Å². The average Bonchev–Trinajstić information content (AvgIpc) is 2.67. The molecule has 0 amide bonds. The molecule has 0 bridgehead atoms. The lowest BCUT2D eigenvalue weighted by molar-refractivity contribution is -0.192. The van der Waals surface area contributed by atoms with Crippen LogP contribution in [0.15, 0.2) is 66.7 Å². The van der Waals surface area contributed by atoms with E-state index in [0.29, 0.717) is 6.54 Å². The van der Waals surface area contributed by atoms with Crippen LogP contribution in [-0.4, -0.2) is 39.8 Å². The van der Waals surface area contributed by atoms with Crippen LogP contribution in [0.1, 0.15) is 22.7 Å². The zero-order valence-electron chi connectivity index (χ0n) is 15.4. The quantitative estimate of drug-likeness (QED) is 0.748. The van der Waals surface area contributed by atoms with Crippen molar-refractivity contribution in [1.29, 1.82) is 0 Å². The van der Waals surface area contributed by atoms with Gasteiger partial charge in [-0.1, -0.05) is 61.2 Å². The van der Waals surface area contributed by atoms with Gasteiger partial charge in [0.05, 0.1) is 0 Å². The van der Waals surface area contributed by atoms with Crippen LogP contribution in [-0.2, 0) is 22.6 Å². The molecule has 0 radical (unpaired) electrons. The highest BCUT2D eigenvalue weighted by Crippen LogP contribution is 2.33. The summed E-state index contributed by atoms with van der Waals surface area (Å²) in [6, 6.07) is 18.8. The van der Waals surface area contributed by atoms with Gasteiger partial charge in [-0.15, -0.1) is 0 Å². The van der Waals surface area contributed by atoms with Crippen molar-refractivity contribution in [3.63, 3.8) is 0 Å². The Labute approximate surface area is 165 Å². The van der Waals surface area contributed by atoms with E-state index in [1.54, 1.807) is 0 Å². The standard InChI is InChI=1S/C19H19NO2.C2HF3O2/c1-14(19(21)22)12-20-13-17-10-6-5-9-16(17)11-18(20)15-7-3-2-4-8-15;3-2(4,5)1(6)7/h2-10,18H,1,11-13H2,(H,21,22);(H,6,7). The fourth-order valence-corrected chi connectivity index (χ4v) is 3.06. The highest BCUT2D eigenvalue weighted by Gasteiger charge is 2.38. The van der Waals surface area contributed by atoms with Crippen molar-refractivity contribution in [2.75, 3.05) is 6.54 Å². The van der Waals surface area contributed by atoms with Crippen LogP contribution in [0.4, 0.5) is 13.2 Å². The van der Waals surface area contributed by atoms with E-state index in [9.17, 15) is 18.0 Å². The Kier molecular flexibility index (Phi) is 7.17. The summed E-state index contributed by atoms with van der Waals surface area (Å²) in [7, 11) is 0. The molecule has 154 valence electrons. The zero-order chi connectivity index (χ0) is 21.6. The Balaban J connectivity index is 0.000000370. The van der Waals surface area contributed by atoms with Gasteiger partial charge in [-0.2, -0.15) is 13.2 Å². The molecule has 0 aliphatic carbocycles. The Morgan fingerprint density at radius 1 is 1.00 bits per heavy atom. The first-order valence-electron chi connectivity index (χ1n) is 8.66. The van der Waals surface area contributed by atoms with E-state index < -0.39 is 18.1 Å². The molecule has 0 spiro atoms. The van der Waals surface area contributed by atoms with E-state index in [1.165, 1.54) is 16.7 Å². The molecule has 2 aromatic rings.